The summed E-state index contributed by atoms with van der Waals surface area (Å²) in [6.45, 7) is 9.25. The number of pyridine rings is 1. The third-order valence-electron chi connectivity index (χ3n) is 3.27. The first-order valence-corrected chi connectivity index (χ1v) is 7.39. The number of nitrogens with one attached hydrogen (secondary N) is 1. The lowest BCUT2D eigenvalue weighted by molar-refractivity contribution is 0.457. The number of benzene rings is 1. The maximum Gasteiger partial charge on any atom is 0.219 e. The molecule has 2 aromatic rings. The first kappa shape index (κ1) is 15.5. The summed E-state index contributed by atoms with van der Waals surface area (Å²) in [5.74, 6) is 1.89. The molecular formula is C18H24N2O. The van der Waals surface area contributed by atoms with Crippen molar-refractivity contribution in [3.8, 4) is 11.6 Å². The molecule has 1 aromatic heterocycles. The van der Waals surface area contributed by atoms with Crippen LogP contribution in [0, 0.1) is 13.8 Å². The van der Waals surface area contributed by atoms with Crippen LogP contribution in [-0.2, 0) is 6.54 Å². The van der Waals surface area contributed by atoms with Gasteiger partial charge in [-0.3, -0.25) is 0 Å². The van der Waals surface area contributed by atoms with Crippen molar-refractivity contribution in [3.63, 3.8) is 0 Å². The molecule has 3 nitrogen and oxygen atoms in total. The van der Waals surface area contributed by atoms with Crippen LogP contribution in [0.5, 0.6) is 11.6 Å². The standard InChI is InChI=1S/C18H24N2O/c1-12(2)17-9-15(11-19-5)10-18(20-17)21-16-7-13(3)6-14(4)8-16/h6-10,12,19H,11H2,1-5H3. The van der Waals surface area contributed by atoms with Crippen LogP contribution in [0.3, 0.4) is 0 Å². The van der Waals surface area contributed by atoms with Crippen LogP contribution in [0.4, 0.5) is 0 Å². The van der Waals surface area contributed by atoms with Crippen LogP contribution in [-0.4, -0.2) is 12.0 Å². The van der Waals surface area contributed by atoms with E-state index >= 15 is 0 Å². The minimum atomic E-state index is 0.378. The van der Waals surface area contributed by atoms with Crippen LogP contribution in [0.2, 0.25) is 0 Å². The summed E-state index contributed by atoms with van der Waals surface area (Å²) in [7, 11) is 1.94. The first-order valence-electron chi connectivity index (χ1n) is 7.39. The summed E-state index contributed by atoms with van der Waals surface area (Å²) in [5, 5.41) is 3.18. The highest BCUT2D eigenvalue weighted by atomic mass is 16.5. The highest BCUT2D eigenvalue weighted by molar-refractivity contribution is 5.36. The van der Waals surface area contributed by atoms with Gasteiger partial charge in [0.1, 0.15) is 5.75 Å². The third-order valence-corrected chi connectivity index (χ3v) is 3.27. The predicted octanol–water partition coefficient (Wildman–Crippen LogP) is 4.33. The molecule has 1 aromatic carbocycles. The second kappa shape index (κ2) is 6.72. The molecule has 0 atom stereocenters. The van der Waals surface area contributed by atoms with Crippen LogP contribution < -0.4 is 10.1 Å². The van der Waals surface area contributed by atoms with Crippen LogP contribution in [0.25, 0.3) is 0 Å². The Morgan fingerprint density at radius 1 is 1.05 bits per heavy atom. The fourth-order valence-corrected chi connectivity index (χ4v) is 2.35. The number of ether oxygens (including phenoxy) is 1. The fourth-order valence-electron chi connectivity index (χ4n) is 2.35. The molecule has 1 N–H and O–H groups in total. The number of hydrogen-bond donors (Lipinski definition) is 1. The molecule has 2 rings (SSSR count). The van der Waals surface area contributed by atoms with Gasteiger partial charge in [-0.25, -0.2) is 4.98 Å². The molecule has 0 radical (unpaired) electrons. The molecule has 0 aliphatic heterocycles. The highest BCUT2D eigenvalue weighted by Gasteiger charge is 2.08. The van der Waals surface area contributed by atoms with E-state index < -0.39 is 0 Å². The number of rotatable bonds is 5. The van der Waals surface area contributed by atoms with E-state index in [9.17, 15) is 0 Å². The van der Waals surface area contributed by atoms with Gasteiger partial charge in [0.15, 0.2) is 0 Å². The maximum absolute atomic E-state index is 5.98. The van der Waals surface area contributed by atoms with Crippen molar-refractivity contribution in [1.82, 2.24) is 10.3 Å². The van der Waals surface area contributed by atoms with E-state index in [0.717, 1.165) is 18.0 Å². The smallest absolute Gasteiger partial charge is 0.219 e. The van der Waals surface area contributed by atoms with Crippen molar-refractivity contribution < 1.29 is 4.74 Å². The van der Waals surface area contributed by atoms with Gasteiger partial charge in [0.25, 0.3) is 0 Å². The van der Waals surface area contributed by atoms with E-state index in [1.807, 2.05) is 25.2 Å². The first-order chi connectivity index (χ1) is 9.97. The molecule has 0 spiro atoms. The zero-order chi connectivity index (χ0) is 15.4. The Kier molecular flexibility index (Phi) is 4.97. The Bertz CT molecular complexity index is 600. The zero-order valence-corrected chi connectivity index (χ0v) is 13.5. The van der Waals surface area contributed by atoms with Gasteiger partial charge in [-0.15, -0.1) is 0 Å². The second-order valence-corrected chi connectivity index (χ2v) is 5.85. The molecule has 0 amide bonds. The minimum Gasteiger partial charge on any atom is -0.439 e. The number of aromatic nitrogens is 1. The molecule has 21 heavy (non-hydrogen) atoms. The molecule has 0 bridgehead atoms. The highest BCUT2D eigenvalue weighted by Crippen LogP contribution is 2.25. The lowest BCUT2D eigenvalue weighted by atomic mass is 10.1. The zero-order valence-electron chi connectivity index (χ0n) is 13.5. The normalized spacial score (nSPS) is 11.0. The molecule has 0 fully saturated rings. The summed E-state index contributed by atoms with van der Waals surface area (Å²) < 4.78 is 5.98. The van der Waals surface area contributed by atoms with Crippen molar-refractivity contribution in [2.75, 3.05) is 7.05 Å². The van der Waals surface area contributed by atoms with Gasteiger partial charge in [0, 0.05) is 18.3 Å². The summed E-state index contributed by atoms with van der Waals surface area (Å²) in [6, 6.07) is 10.3. The summed E-state index contributed by atoms with van der Waals surface area (Å²) in [6.07, 6.45) is 0. The largest absolute Gasteiger partial charge is 0.439 e. The second-order valence-electron chi connectivity index (χ2n) is 5.85. The van der Waals surface area contributed by atoms with Gasteiger partial charge in [0.05, 0.1) is 0 Å². The topological polar surface area (TPSA) is 34.1 Å². The van der Waals surface area contributed by atoms with E-state index in [4.69, 9.17) is 4.74 Å². The maximum atomic E-state index is 5.98. The minimum absolute atomic E-state index is 0.378. The molecule has 1 heterocycles. The molecule has 0 aliphatic rings. The molecule has 0 saturated heterocycles. The number of hydrogen-bond acceptors (Lipinski definition) is 3. The lowest BCUT2D eigenvalue weighted by Crippen LogP contribution is -2.07. The number of nitrogens with zero attached hydrogens (tertiary/aromatic N) is 1. The van der Waals surface area contributed by atoms with Gasteiger partial charge in [-0.1, -0.05) is 19.9 Å². The van der Waals surface area contributed by atoms with Crippen molar-refractivity contribution >= 4 is 0 Å². The van der Waals surface area contributed by atoms with Gasteiger partial charge in [-0.2, -0.15) is 0 Å². The third kappa shape index (κ3) is 4.30. The van der Waals surface area contributed by atoms with E-state index in [1.165, 1.54) is 16.7 Å². The molecule has 0 unspecified atom stereocenters. The molecule has 0 saturated carbocycles. The fraction of sp³-hybridized carbons (Fsp3) is 0.389. The summed E-state index contributed by atoms with van der Waals surface area (Å²) in [5.41, 5.74) is 4.64. The van der Waals surface area contributed by atoms with Crippen molar-refractivity contribution in [2.24, 2.45) is 0 Å². The van der Waals surface area contributed by atoms with Crippen molar-refractivity contribution in [2.45, 2.75) is 40.2 Å². The lowest BCUT2D eigenvalue weighted by Gasteiger charge is -2.12. The summed E-state index contributed by atoms with van der Waals surface area (Å²) >= 11 is 0. The Labute approximate surface area is 127 Å². The molecule has 3 heteroatoms. The molecule has 112 valence electrons. The molecule has 0 aliphatic carbocycles. The van der Waals surface area contributed by atoms with E-state index in [-0.39, 0.29) is 0 Å². The van der Waals surface area contributed by atoms with Crippen molar-refractivity contribution in [3.05, 3.63) is 52.7 Å². The predicted molar refractivity (Wildman–Crippen MR) is 87.1 cm³/mol. The van der Waals surface area contributed by atoms with Gasteiger partial charge in [-0.05, 0) is 61.7 Å². The van der Waals surface area contributed by atoms with Gasteiger partial charge < -0.3 is 10.1 Å². The van der Waals surface area contributed by atoms with Crippen LogP contribution >= 0.6 is 0 Å². The number of aryl methyl sites for hydroxylation is 2. The van der Waals surface area contributed by atoms with E-state index in [0.29, 0.717) is 11.8 Å². The Balaban J connectivity index is 2.33. The average molecular weight is 284 g/mol. The van der Waals surface area contributed by atoms with Crippen molar-refractivity contribution in [1.29, 1.82) is 0 Å². The van der Waals surface area contributed by atoms with Crippen LogP contribution in [0.1, 0.15) is 42.1 Å². The monoisotopic (exact) mass is 284 g/mol. The molecular weight excluding hydrogens is 260 g/mol. The summed E-state index contributed by atoms with van der Waals surface area (Å²) in [4.78, 5) is 4.62. The Morgan fingerprint density at radius 2 is 1.71 bits per heavy atom. The van der Waals surface area contributed by atoms with Crippen LogP contribution in [0.15, 0.2) is 30.3 Å². The Hall–Kier alpha value is -1.87. The quantitative estimate of drug-likeness (QED) is 0.887. The van der Waals surface area contributed by atoms with E-state index in [2.05, 4.69) is 50.1 Å². The van der Waals surface area contributed by atoms with E-state index in [1.54, 1.807) is 0 Å². The average Bonchev–Trinajstić information content (AvgIpc) is 2.37. The SMILES string of the molecule is CNCc1cc(Oc2cc(C)cc(C)c2)nc(C(C)C)c1. The van der Waals surface area contributed by atoms with Gasteiger partial charge >= 0.3 is 0 Å². The Morgan fingerprint density at radius 3 is 2.29 bits per heavy atom. The van der Waals surface area contributed by atoms with Gasteiger partial charge in [0.2, 0.25) is 5.88 Å².